The number of nitrogens with zero attached hydrogens (tertiary/aromatic N) is 4. The molecule has 2 aromatic carbocycles. The molecule has 2 aliphatic rings. The molecule has 3 aromatic rings. The number of carbonyl (C=O) groups excluding carboxylic acids is 2. The number of anilines is 2. The third kappa shape index (κ3) is 5.78. The second kappa shape index (κ2) is 12.6. The molecule has 14 heteroatoms. The SMILES string of the molecule is COc1ccc(C2C(C#N)=C(N)N(c3nnc(SCC(=O)Nc4ccc(Cl)cc4Cl)s3)C3=C2C(=O)CCC3)cc1OC. The Balaban J connectivity index is 1.43. The van der Waals surface area contributed by atoms with Gasteiger partial charge in [0.1, 0.15) is 5.82 Å². The van der Waals surface area contributed by atoms with Crippen LogP contribution in [0.25, 0.3) is 0 Å². The van der Waals surface area contributed by atoms with Gasteiger partial charge in [-0.1, -0.05) is 52.4 Å². The number of carbonyl (C=O) groups is 2. The van der Waals surface area contributed by atoms with Crippen molar-refractivity contribution in [1.29, 1.82) is 5.26 Å². The Bertz CT molecular complexity index is 1680. The summed E-state index contributed by atoms with van der Waals surface area (Å²) in [4.78, 5) is 27.6. The fourth-order valence-electron chi connectivity index (χ4n) is 4.93. The summed E-state index contributed by atoms with van der Waals surface area (Å²) in [6, 6.07) is 12.3. The lowest BCUT2D eigenvalue weighted by molar-refractivity contribution is -0.116. The summed E-state index contributed by atoms with van der Waals surface area (Å²) < 4.78 is 11.4. The van der Waals surface area contributed by atoms with Gasteiger partial charge in [-0.2, -0.15) is 5.26 Å². The highest BCUT2D eigenvalue weighted by atomic mass is 35.5. The molecule has 42 heavy (non-hydrogen) atoms. The molecule has 1 unspecified atom stereocenters. The molecule has 0 saturated heterocycles. The van der Waals surface area contributed by atoms with E-state index in [1.807, 2.05) is 0 Å². The highest BCUT2D eigenvalue weighted by molar-refractivity contribution is 8.01. The standard InChI is InChI=1S/C28H24Cl2N6O4S2/c1-39-21-9-6-14(10-22(21)40-2)24-16(12-31)26(32)36(19-4-3-5-20(37)25(19)24)27-34-35-28(42-27)41-13-23(38)33-18-8-7-15(29)11-17(18)30/h6-11,24H,3-5,13,32H2,1-2H3,(H,33,38). The minimum Gasteiger partial charge on any atom is -0.493 e. The van der Waals surface area contributed by atoms with Crippen molar-refractivity contribution in [3.05, 3.63) is 74.7 Å². The number of nitrogens with two attached hydrogens (primary N) is 1. The quantitative estimate of drug-likeness (QED) is 0.285. The van der Waals surface area contributed by atoms with Crippen LogP contribution in [0.5, 0.6) is 11.5 Å². The molecule has 0 bridgehead atoms. The predicted molar refractivity (Wildman–Crippen MR) is 163 cm³/mol. The number of Topliss-reactive ketones (excluding diaryl/α,β-unsaturated/α-hetero) is 1. The molecular formula is C28H24Cl2N6O4S2. The van der Waals surface area contributed by atoms with Crippen molar-refractivity contribution >= 4 is 68.8 Å². The Morgan fingerprint density at radius 3 is 2.69 bits per heavy atom. The maximum atomic E-state index is 13.4. The van der Waals surface area contributed by atoms with E-state index in [0.717, 1.165) is 0 Å². The van der Waals surface area contributed by atoms with E-state index in [-0.39, 0.29) is 28.8 Å². The summed E-state index contributed by atoms with van der Waals surface area (Å²) >= 11 is 14.5. The normalized spacial score (nSPS) is 16.7. The van der Waals surface area contributed by atoms with Crippen molar-refractivity contribution < 1.29 is 19.1 Å². The molecule has 5 rings (SSSR count). The lowest BCUT2D eigenvalue weighted by Crippen LogP contribution is -2.38. The molecule has 1 aromatic heterocycles. The number of thioether (sulfide) groups is 1. The third-order valence-electron chi connectivity index (χ3n) is 6.77. The van der Waals surface area contributed by atoms with Crippen molar-refractivity contribution in [3.63, 3.8) is 0 Å². The van der Waals surface area contributed by atoms with Crippen LogP contribution >= 0.6 is 46.3 Å². The number of rotatable bonds is 8. The van der Waals surface area contributed by atoms with Crippen LogP contribution in [0.2, 0.25) is 10.0 Å². The van der Waals surface area contributed by atoms with E-state index < -0.39 is 5.92 Å². The number of methoxy groups -OCH3 is 2. The van der Waals surface area contributed by atoms with Crippen LogP contribution in [0.15, 0.2) is 63.4 Å². The largest absolute Gasteiger partial charge is 0.493 e. The molecule has 0 radical (unpaired) electrons. The number of nitriles is 1. The summed E-state index contributed by atoms with van der Waals surface area (Å²) in [7, 11) is 3.06. The van der Waals surface area contributed by atoms with Gasteiger partial charge in [0.15, 0.2) is 21.6 Å². The van der Waals surface area contributed by atoms with Crippen LogP contribution in [-0.2, 0) is 9.59 Å². The van der Waals surface area contributed by atoms with Crippen molar-refractivity contribution in [3.8, 4) is 17.6 Å². The summed E-state index contributed by atoms with van der Waals surface area (Å²) in [5.74, 6) is 0.223. The monoisotopic (exact) mass is 642 g/mol. The Morgan fingerprint density at radius 1 is 1.19 bits per heavy atom. The summed E-state index contributed by atoms with van der Waals surface area (Å²) in [6.45, 7) is 0. The maximum absolute atomic E-state index is 13.4. The fourth-order valence-corrected chi connectivity index (χ4v) is 7.06. The number of amides is 1. The Hall–Kier alpha value is -3.76. The molecule has 1 aliphatic carbocycles. The van der Waals surface area contributed by atoms with Crippen LogP contribution in [0.1, 0.15) is 30.7 Å². The number of aromatic nitrogens is 2. The Morgan fingerprint density at radius 2 is 1.98 bits per heavy atom. The van der Waals surface area contributed by atoms with Crippen molar-refractivity contribution in [2.75, 3.05) is 30.2 Å². The number of ether oxygens (including phenoxy) is 2. The van der Waals surface area contributed by atoms with Crippen LogP contribution in [0.3, 0.4) is 0 Å². The molecular weight excluding hydrogens is 619 g/mol. The smallest absolute Gasteiger partial charge is 0.234 e. The van der Waals surface area contributed by atoms with Gasteiger partial charge < -0.3 is 20.5 Å². The first-order chi connectivity index (χ1) is 20.2. The van der Waals surface area contributed by atoms with E-state index in [2.05, 4.69) is 21.6 Å². The van der Waals surface area contributed by atoms with Crippen LogP contribution < -0.4 is 25.4 Å². The minimum atomic E-state index is -0.668. The maximum Gasteiger partial charge on any atom is 0.234 e. The zero-order valence-corrected chi connectivity index (χ0v) is 25.6. The molecule has 1 amide bonds. The van der Waals surface area contributed by atoms with E-state index in [0.29, 0.717) is 72.8 Å². The molecule has 0 saturated carbocycles. The number of benzene rings is 2. The highest BCUT2D eigenvalue weighted by Gasteiger charge is 2.41. The van der Waals surface area contributed by atoms with Crippen LogP contribution in [0, 0.1) is 11.3 Å². The second-order valence-corrected chi connectivity index (χ2v) is 12.3. The van der Waals surface area contributed by atoms with Gasteiger partial charge in [0, 0.05) is 22.7 Å². The van der Waals surface area contributed by atoms with Gasteiger partial charge in [0.2, 0.25) is 11.0 Å². The van der Waals surface area contributed by atoms with E-state index in [9.17, 15) is 14.9 Å². The van der Waals surface area contributed by atoms with Gasteiger partial charge in [-0.05, 0) is 48.7 Å². The molecule has 0 spiro atoms. The van der Waals surface area contributed by atoms with E-state index >= 15 is 0 Å². The van der Waals surface area contributed by atoms with Crippen molar-refractivity contribution in [1.82, 2.24) is 10.2 Å². The number of hydrogen-bond donors (Lipinski definition) is 2. The molecule has 2 heterocycles. The van der Waals surface area contributed by atoms with Crippen LogP contribution in [-0.4, -0.2) is 41.9 Å². The molecule has 216 valence electrons. The van der Waals surface area contributed by atoms with Gasteiger partial charge in [0.25, 0.3) is 0 Å². The van der Waals surface area contributed by atoms with E-state index in [1.54, 1.807) is 41.3 Å². The van der Waals surface area contributed by atoms with Gasteiger partial charge in [-0.25, -0.2) is 0 Å². The zero-order valence-electron chi connectivity index (χ0n) is 22.4. The summed E-state index contributed by atoms with van der Waals surface area (Å²) in [6.07, 6.45) is 1.56. The number of nitrogens with one attached hydrogen (secondary N) is 1. The Labute approximate surface area is 260 Å². The molecule has 0 fully saturated rings. The van der Waals surface area contributed by atoms with Gasteiger partial charge in [0.05, 0.1) is 48.2 Å². The molecule has 1 aliphatic heterocycles. The van der Waals surface area contributed by atoms with E-state index in [4.69, 9.17) is 38.4 Å². The van der Waals surface area contributed by atoms with Crippen LogP contribution in [0.4, 0.5) is 10.8 Å². The van der Waals surface area contributed by atoms with E-state index in [1.165, 1.54) is 37.3 Å². The molecule has 1 atom stereocenters. The Kier molecular flexibility index (Phi) is 8.93. The average molecular weight is 644 g/mol. The number of ketones is 1. The lowest BCUT2D eigenvalue weighted by Gasteiger charge is -2.38. The van der Waals surface area contributed by atoms with Crippen molar-refractivity contribution in [2.45, 2.75) is 29.5 Å². The first kappa shape index (κ1) is 29.7. The van der Waals surface area contributed by atoms with Crippen molar-refractivity contribution in [2.24, 2.45) is 5.73 Å². The lowest BCUT2D eigenvalue weighted by atomic mass is 9.75. The number of halogens is 2. The minimum absolute atomic E-state index is 0.0518. The number of allylic oxidation sites excluding steroid dienone is 3. The third-order valence-corrected chi connectivity index (χ3v) is 9.36. The van der Waals surface area contributed by atoms with Gasteiger partial charge in [-0.15, -0.1) is 10.2 Å². The first-order valence-corrected chi connectivity index (χ1v) is 15.2. The van der Waals surface area contributed by atoms with Gasteiger partial charge in [-0.3, -0.25) is 14.5 Å². The second-order valence-electron chi connectivity index (χ2n) is 9.24. The average Bonchev–Trinajstić information content (AvgIpc) is 3.45. The first-order valence-electron chi connectivity index (χ1n) is 12.6. The fraction of sp³-hybridized carbons (Fsp3) is 0.250. The molecule has 10 nitrogen and oxygen atoms in total. The molecule has 3 N–H and O–H groups in total. The summed E-state index contributed by atoms with van der Waals surface area (Å²) in [5.41, 5.74) is 9.19. The topological polar surface area (TPSA) is 143 Å². The zero-order chi connectivity index (χ0) is 30.0. The summed E-state index contributed by atoms with van der Waals surface area (Å²) in [5, 5.41) is 22.7. The van der Waals surface area contributed by atoms with Gasteiger partial charge >= 0.3 is 0 Å². The predicted octanol–water partition coefficient (Wildman–Crippen LogP) is 5.90. The number of hydrogen-bond acceptors (Lipinski definition) is 11. The highest BCUT2D eigenvalue weighted by Crippen LogP contribution is 2.48.